The summed E-state index contributed by atoms with van der Waals surface area (Å²) in [4.78, 5) is 10.8. The van der Waals surface area contributed by atoms with Crippen LogP contribution in [0.1, 0.15) is 6.92 Å². The van der Waals surface area contributed by atoms with Crippen LogP contribution in [0.15, 0.2) is 24.3 Å². The zero-order valence-electron chi connectivity index (χ0n) is 11.3. The Labute approximate surface area is 118 Å². The molecule has 0 saturated carbocycles. The number of nitrogens with zero attached hydrogens (tertiary/aromatic N) is 1. The highest BCUT2D eigenvalue weighted by Gasteiger charge is 2.22. The van der Waals surface area contributed by atoms with Gasteiger partial charge in [-0.05, 0) is 12.1 Å². The van der Waals surface area contributed by atoms with Gasteiger partial charge in [0.1, 0.15) is 12.4 Å². The quantitative estimate of drug-likeness (QED) is 0.644. The molecule has 0 fully saturated rings. The molecule has 0 unspecified atom stereocenters. The fraction of sp³-hybridized carbons (Fsp3) is 0.417. The maximum atomic E-state index is 12.0. The third-order valence-electron chi connectivity index (χ3n) is 2.55. The van der Waals surface area contributed by atoms with Crippen LogP contribution in [0.4, 0.5) is 5.69 Å². The number of anilines is 1. The maximum absolute atomic E-state index is 12.0. The van der Waals surface area contributed by atoms with E-state index in [9.17, 15) is 13.2 Å². The molecule has 0 spiro atoms. The van der Waals surface area contributed by atoms with Gasteiger partial charge >= 0.3 is 0 Å². The summed E-state index contributed by atoms with van der Waals surface area (Å²) < 4.78 is 30.3. The SMILES string of the molecule is CCN(CC(N)=O)S(=O)(=O)CCOc1cccc(N)c1. The molecule has 0 radical (unpaired) electrons. The normalized spacial score (nSPS) is 11.5. The molecule has 1 aromatic carbocycles. The number of hydrogen-bond donors (Lipinski definition) is 2. The second-order valence-electron chi connectivity index (χ2n) is 4.13. The van der Waals surface area contributed by atoms with Crippen molar-refractivity contribution in [2.24, 2.45) is 5.73 Å². The van der Waals surface area contributed by atoms with Crippen LogP contribution in [0.3, 0.4) is 0 Å². The first-order valence-electron chi connectivity index (χ1n) is 6.09. The summed E-state index contributed by atoms with van der Waals surface area (Å²) in [6.45, 7) is 1.47. The first-order valence-corrected chi connectivity index (χ1v) is 7.70. The summed E-state index contributed by atoms with van der Waals surface area (Å²) >= 11 is 0. The Morgan fingerprint density at radius 1 is 1.40 bits per heavy atom. The third kappa shape index (κ3) is 5.06. The molecule has 0 bridgehead atoms. The molecule has 0 atom stereocenters. The first kappa shape index (κ1) is 16.3. The Kier molecular flexibility index (Phi) is 5.78. The maximum Gasteiger partial charge on any atom is 0.232 e. The predicted molar refractivity (Wildman–Crippen MR) is 76.6 cm³/mol. The Morgan fingerprint density at radius 2 is 2.10 bits per heavy atom. The molecule has 8 heteroatoms. The van der Waals surface area contributed by atoms with Crippen molar-refractivity contribution in [2.45, 2.75) is 6.92 Å². The van der Waals surface area contributed by atoms with Gasteiger partial charge in [-0.25, -0.2) is 8.42 Å². The summed E-state index contributed by atoms with van der Waals surface area (Å²) in [6, 6.07) is 6.71. The average Bonchev–Trinajstić information content (AvgIpc) is 2.35. The summed E-state index contributed by atoms with van der Waals surface area (Å²) in [6.07, 6.45) is 0. The molecule has 0 saturated heterocycles. The van der Waals surface area contributed by atoms with Gasteiger partial charge in [0.05, 0.1) is 12.3 Å². The van der Waals surface area contributed by atoms with E-state index >= 15 is 0 Å². The van der Waals surface area contributed by atoms with Crippen molar-refractivity contribution < 1.29 is 17.9 Å². The van der Waals surface area contributed by atoms with E-state index in [4.69, 9.17) is 16.2 Å². The Bertz CT molecular complexity index is 560. The van der Waals surface area contributed by atoms with E-state index in [2.05, 4.69) is 0 Å². The Hall–Kier alpha value is -1.80. The van der Waals surface area contributed by atoms with Gasteiger partial charge < -0.3 is 16.2 Å². The van der Waals surface area contributed by atoms with Crippen molar-refractivity contribution >= 4 is 21.6 Å². The molecule has 112 valence electrons. The smallest absolute Gasteiger partial charge is 0.232 e. The van der Waals surface area contributed by atoms with Crippen LogP contribution in [-0.4, -0.2) is 44.1 Å². The lowest BCUT2D eigenvalue weighted by atomic mass is 10.3. The van der Waals surface area contributed by atoms with Crippen LogP contribution < -0.4 is 16.2 Å². The molecule has 1 amide bonds. The minimum absolute atomic E-state index is 0.0267. The van der Waals surface area contributed by atoms with Gasteiger partial charge in [0.15, 0.2) is 0 Å². The molecular weight excluding hydrogens is 282 g/mol. The van der Waals surface area contributed by atoms with E-state index in [0.717, 1.165) is 4.31 Å². The number of nitrogens with two attached hydrogens (primary N) is 2. The number of likely N-dealkylation sites (N-methyl/N-ethyl adjacent to an activating group) is 1. The van der Waals surface area contributed by atoms with Crippen LogP contribution in [0, 0.1) is 0 Å². The number of sulfonamides is 1. The van der Waals surface area contributed by atoms with Crippen LogP contribution >= 0.6 is 0 Å². The van der Waals surface area contributed by atoms with E-state index in [0.29, 0.717) is 11.4 Å². The standard InChI is InChI=1S/C12H19N3O4S/c1-2-15(9-12(14)16)20(17,18)7-6-19-11-5-3-4-10(13)8-11/h3-5,8H,2,6-7,9,13H2,1H3,(H2,14,16). The number of primary amides is 1. The van der Waals surface area contributed by atoms with Crippen LogP contribution in [0.2, 0.25) is 0 Å². The largest absolute Gasteiger partial charge is 0.492 e. The highest BCUT2D eigenvalue weighted by Crippen LogP contribution is 2.14. The minimum Gasteiger partial charge on any atom is -0.492 e. The lowest BCUT2D eigenvalue weighted by Gasteiger charge is -2.18. The second kappa shape index (κ2) is 7.11. The third-order valence-corrected chi connectivity index (χ3v) is 4.40. The fourth-order valence-corrected chi connectivity index (χ4v) is 2.85. The number of hydrogen-bond acceptors (Lipinski definition) is 5. The molecule has 20 heavy (non-hydrogen) atoms. The number of nitrogen functional groups attached to an aromatic ring is 1. The van der Waals surface area contributed by atoms with E-state index in [1.807, 2.05) is 0 Å². The van der Waals surface area contributed by atoms with Crippen LogP contribution in [0.5, 0.6) is 5.75 Å². The van der Waals surface area contributed by atoms with E-state index in [1.54, 1.807) is 31.2 Å². The number of benzene rings is 1. The van der Waals surface area contributed by atoms with Gasteiger partial charge in [-0.3, -0.25) is 4.79 Å². The topological polar surface area (TPSA) is 116 Å². The van der Waals surface area contributed by atoms with Gasteiger partial charge in [-0.2, -0.15) is 4.31 Å². The van der Waals surface area contributed by atoms with Gasteiger partial charge in [0, 0.05) is 18.3 Å². The summed E-state index contributed by atoms with van der Waals surface area (Å²) in [5, 5.41) is 0. The van der Waals surface area contributed by atoms with Crippen molar-refractivity contribution in [3.63, 3.8) is 0 Å². The lowest BCUT2D eigenvalue weighted by Crippen LogP contribution is -2.40. The monoisotopic (exact) mass is 301 g/mol. The Morgan fingerprint density at radius 3 is 2.65 bits per heavy atom. The summed E-state index contributed by atoms with van der Waals surface area (Å²) in [7, 11) is -3.57. The predicted octanol–water partition coefficient (Wildman–Crippen LogP) is -0.215. The highest BCUT2D eigenvalue weighted by atomic mass is 32.2. The lowest BCUT2D eigenvalue weighted by molar-refractivity contribution is -0.118. The van der Waals surface area contributed by atoms with Crippen molar-refractivity contribution in [2.75, 3.05) is 31.2 Å². The summed E-state index contributed by atoms with van der Waals surface area (Å²) in [5.41, 5.74) is 11.1. The minimum atomic E-state index is -3.57. The number of carbonyl (C=O) groups is 1. The molecule has 4 N–H and O–H groups in total. The molecular formula is C12H19N3O4S. The molecule has 0 aromatic heterocycles. The fourth-order valence-electron chi connectivity index (χ4n) is 1.58. The van der Waals surface area contributed by atoms with Crippen molar-refractivity contribution in [3.05, 3.63) is 24.3 Å². The van der Waals surface area contributed by atoms with Crippen molar-refractivity contribution in [1.29, 1.82) is 0 Å². The molecule has 1 rings (SSSR count). The molecule has 0 aliphatic carbocycles. The zero-order chi connectivity index (χ0) is 15.2. The van der Waals surface area contributed by atoms with Crippen molar-refractivity contribution in [3.8, 4) is 5.75 Å². The average molecular weight is 301 g/mol. The summed E-state index contributed by atoms with van der Waals surface area (Å²) in [5.74, 6) is -0.423. The van der Waals surface area contributed by atoms with Crippen molar-refractivity contribution in [1.82, 2.24) is 4.31 Å². The first-order chi connectivity index (χ1) is 9.35. The second-order valence-corrected chi connectivity index (χ2v) is 6.22. The van der Waals surface area contributed by atoms with Crippen LogP contribution in [-0.2, 0) is 14.8 Å². The number of carbonyl (C=O) groups excluding carboxylic acids is 1. The van der Waals surface area contributed by atoms with Gasteiger partial charge in [-0.15, -0.1) is 0 Å². The molecule has 1 aromatic rings. The molecule has 0 aliphatic rings. The number of amides is 1. The molecule has 0 heterocycles. The van der Waals surface area contributed by atoms with Gasteiger partial charge in [0.2, 0.25) is 15.9 Å². The van der Waals surface area contributed by atoms with E-state index in [1.165, 1.54) is 0 Å². The van der Waals surface area contributed by atoms with Crippen LogP contribution in [0.25, 0.3) is 0 Å². The van der Waals surface area contributed by atoms with Gasteiger partial charge in [0.25, 0.3) is 0 Å². The molecule has 0 aliphatic heterocycles. The molecule has 7 nitrogen and oxygen atoms in total. The zero-order valence-corrected chi connectivity index (χ0v) is 12.1. The van der Waals surface area contributed by atoms with E-state index < -0.39 is 15.9 Å². The number of rotatable bonds is 8. The Balaban J connectivity index is 2.56. The van der Waals surface area contributed by atoms with E-state index in [-0.39, 0.29) is 25.4 Å². The number of ether oxygens (including phenoxy) is 1. The van der Waals surface area contributed by atoms with Gasteiger partial charge in [-0.1, -0.05) is 13.0 Å². The highest BCUT2D eigenvalue weighted by molar-refractivity contribution is 7.89.